The first-order valence-electron chi connectivity index (χ1n) is 20.8. The van der Waals surface area contributed by atoms with E-state index in [9.17, 15) is 0 Å². The minimum absolute atomic E-state index is 0. The molecule has 2 nitrogen and oxygen atoms in total. The minimum atomic E-state index is -1.61. The smallest absolute Gasteiger partial charge is 0.0799 e. The van der Waals surface area contributed by atoms with Crippen molar-refractivity contribution in [3.05, 3.63) is 199 Å². The SMILES string of the molecule is [2H]C(C)(C)c1cc(-c2[c-]ccc(-c3ccccc3)c2)ncc1[Si](C)(C)C.[2H]C([2H])(c1ccccc1)c1ccnc(-c2[c-]ccc3c2sc2cc(-c4ccccc4)ccc23)c1.[Ir]. The summed E-state index contributed by atoms with van der Waals surface area (Å²) in [5, 5.41) is 3.65. The number of rotatable bonds is 8. The van der Waals surface area contributed by atoms with Crippen LogP contribution in [0.4, 0.5) is 0 Å². The number of pyridine rings is 2. The summed E-state index contributed by atoms with van der Waals surface area (Å²) < 4.78 is 28.5. The fourth-order valence-electron chi connectivity index (χ4n) is 7.11. The van der Waals surface area contributed by atoms with Gasteiger partial charge in [0.25, 0.3) is 0 Å². The first kappa shape index (κ1) is 37.0. The van der Waals surface area contributed by atoms with Crippen molar-refractivity contribution in [2.45, 2.75) is 45.8 Å². The monoisotopic (exact) mass is 966 g/mol. The van der Waals surface area contributed by atoms with Crippen molar-refractivity contribution in [1.29, 1.82) is 0 Å². The average molecular weight is 966 g/mol. The van der Waals surface area contributed by atoms with Gasteiger partial charge in [-0.2, -0.15) is 11.3 Å². The Morgan fingerprint density at radius 3 is 1.97 bits per heavy atom. The maximum absolute atomic E-state index is 8.75. The number of hydrogen-bond acceptors (Lipinski definition) is 3. The summed E-state index contributed by atoms with van der Waals surface area (Å²) in [4.78, 5) is 9.36. The van der Waals surface area contributed by atoms with Crippen LogP contribution in [0.2, 0.25) is 19.6 Å². The minimum Gasteiger partial charge on any atom is -0.305 e. The van der Waals surface area contributed by atoms with Crippen molar-refractivity contribution in [1.82, 2.24) is 9.97 Å². The third kappa shape index (κ3) is 9.20. The van der Waals surface area contributed by atoms with Gasteiger partial charge in [0, 0.05) is 41.3 Å². The molecule has 58 heavy (non-hydrogen) atoms. The Hall–Kier alpha value is -5.29. The number of aromatic nitrogens is 2. The molecule has 1 radical (unpaired) electrons. The van der Waals surface area contributed by atoms with Crippen LogP contribution in [0.15, 0.2) is 170 Å². The van der Waals surface area contributed by atoms with Gasteiger partial charge in [0.2, 0.25) is 0 Å². The normalized spacial score (nSPS) is 12.5. The molecule has 0 bridgehead atoms. The van der Waals surface area contributed by atoms with Crippen molar-refractivity contribution < 1.29 is 24.2 Å². The predicted molar refractivity (Wildman–Crippen MR) is 247 cm³/mol. The molecular formula is C53H46IrN2SSi-2. The number of thiophene rings is 1. The molecule has 3 heterocycles. The molecule has 0 amide bonds. The Kier molecular flexibility index (Phi) is 11.5. The van der Waals surface area contributed by atoms with Crippen LogP contribution in [0, 0.1) is 12.1 Å². The quantitative estimate of drug-likeness (QED) is 0.112. The van der Waals surface area contributed by atoms with Crippen LogP contribution >= 0.6 is 11.3 Å². The summed E-state index contributed by atoms with van der Waals surface area (Å²) in [6, 6.07) is 59.3. The van der Waals surface area contributed by atoms with E-state index in [2.05, 4.69) is 116 Å². The molecule has 0 aliphatic rings. The fourth-order valence-corrected chi connectivity index (χ4v) is 9.94. The van der Waals surface area contributed by atoms with E-state index < -0.39 is 20.3 Å². The Balaban J connectivity index is 0.000000188. The summed E-state index contributed by atoms with van der Waals surface area (Å²) in [6.07, 6.45) is 2.08. The Bertz CT molecular complexity index is 2920. The van der Waals surface area contributed by atoms with E-state index >= 15 is 0 Å². The van der Waals surface area contributed by atoms with Crippen LogP contribution in [0.3, 0.4) is 0 Å². The molecule has 0 atom stereocenters. The van der Waals surface area contributed by atoms with Crippen molar-refractivity contribution >= 4 is 44.8 Å². The molecular weight excluding hydrogens is 917 g/mol. The van der Waals surface area contributed by atoms with E-state index in [-0.39, 0.29) is 20.1 Å². The summed E-state index contributed by atoms with van der Waals surface area (Å²) in [5.41, 5.74) is 10.5. The van der Waals surface area contributed by atoms with Crippen molar-refractivity contribution in [2.75, 3.05) is 0 Å². The number of hydrogen-bond donors (Lipinski definition) is 0. The van der Waals surface area contributed by atoms with Crippen LogP contribution in [-0.2, 0) is 26.5 Å². The van der Waals surface area contributed by atoms with Gasteiger partial charge in [-0.1, -0.05) is 160 Å². The van der Waals surface area contributed by atoms with Crippen LogP contribution < -0.4 is 5.19 Å². The Morgan fingerprint density at radius 2 is 1.29 bits per heavy atom. The van der Waals surface area contributed by atoms with Crippen LogP contribution in [0.5, 0.6) is 0 Å². The second kappa shape index (κ2) is 18.1. The van der Waals surface area contributed by atoms with Crippen LogP contribution in [0.1, 0.15) is 40.5 Å². The largest absolute Gasteiger partial charge is 0.305 e. The van der Waals surface area contributed by atoms with Gasteiger partial charge in [-0.25, -0.2) is 0 Å². The first-order valence-corrected chi connectivity index (χ1v) is 23.6. The molecule has 6 aromatic carbocycles. The van der Waals surface area contributed by atoms with E-state index in [1.165, 1.54) is 37.3 Å². The second-order valence-corrected chi connectivity index (χ2v) is 21.5. The van der Waals surface area contributed by atoms with Gasteiger partial charge in [-0.05, 0) is 78.9 Å². The van der Waals surface area contributed by atoms with Crippen LogP contribution in [0.25, 0.3) is 64.9 Å². The van der Waals surface area contributed by atoms with Crippen molar-refractivity contribution in [3.63, 3.8) is 0 Å². The zero-order valence-corrected chi connectivity index (χ0v) is 37.5. The van der Waals surface area contributed by atoms with Gasteiger partial charge < -0.3 is 9.97 Å². The second-order valence-electron chi connectivity index (χ2n) is 15.4. The Labute approximate surface area is 366 Å². The predicted octanol–water partition coefficient (Wildman–Crippen LogP) is 14.1. The van der Waals surface area contributed by atoms with E-state index in [1.807, 2.05) is 92.8 Å². The first-order chi connectivity index (χ1) is 28.8. The molecule has 0 unspecified atom stereocenters. The molecule has 0 spiro atoms. The van der Waals surface area contributed by atoms with Gasteiger partial charge in [-0.15, -0.1) is 59.2 Å². The van der Waals surface area contributed by atoms with E-state index in [4.69, 9.17) is 9.10 Å². The number of fused-ring (bicyclic) bond motifs is 3. The van der Waals surface area contributed by atoms with Crippen molar-refractivity contribution in [2.24, 2.45) is 0 Å². The van der Waals surface area contributed by atoms with E-state index in [1.54, 1.807) is 23.6 Å². The molecule has 289 valence electrons. The molecule has 0 fully saturated rings. The summed E-state index contributed by atoms with van der Waals surface area (Å²) in [7, 11) is -1.57. The van der Waals surface area contributed by atoms with Gasteiger partial charge in [-0.3, -0.25) is 0 Å². The average Bonchev–Trinajstić information content (AvgIpc) is 3.65. The van der Waals surface area contributed by atoms with E-state index in [0.29, 0.717) is 11.1 Å². The van der Waals surface area contributed by atoms with Crippen molar-refractivity contribution in [3.8, 4) is 44.8 Å². The number of benzene rings is 6. The van der Waals surface area contributed by atoms with E-state index in [0.717, 1.165) is 38.3 Å². The third-order valence-corrected chi connectivity index (χ3v) is 13.3. The molecule has 9 rings (SSSR count). The molecule has 0 aliphatic heterocycles. The number of nitrogens with zero attached hydrogens (tertiary/aromatic N) is 2. The van der Waals surface area contributed by atoms with Gasteiger partial charge in [0.15, 0.2) is 0 Å². The topological polar surface area (TPSA) is 25.8 Å². The molecule has 9 aromatic rings. The zero-order valence-electron chi connectivity index (χ0n) is 36.3. The maximum Gasteiger partial charge on any atom is 0.0799 e. The maximum atomic E-state index is 8.75. The fraction of sp³-hybridized carbons (Fsp3) is 0.132. The summed E-state index contributed by atoms with van der Waals surface area (Å²) >= 11 is 1.74. The van der Waals surface area contributed by atoms with Gasteiger partial charge in [0.05, 0.1) is 8.07 Å². The molecule has 0 saturated carbocycles. The molecule has 0 aliphatic carbocycles. The molecule has 3 aromatic heterocycles. The summed E-state index contributed by atoms with van der Waals surface area (Å²) in [5.74, 6) is -0.648. The molecule has 0 N–H and O–H groups in total. The van der Waals surface area contributed by atoms with Gasteiger partial charge >= 0.3 is 0 Å². The standard InChI is InChI=1S/C30H20NS.C23H26NSi.Ir/c1-3-8-21(9-4-1)18-22-16-17-31-28(19-22)27-13-7-12-26-25-15-14-24(20-29(25)32-30(26)27)23-10-5-2-6-11-23;1-17(2)21-15-22(24-16-23(21)25(3,4)5)20-13-9-12-19(14-20)18-10-7-6-8-11-18;/h1-12,14-17,19-20H,18H2;6-12,14-17H,1-5H3;/q2*-1;/i18D2;17D;. The van der Waals surface area contributed by atoms with Crippen LogP contribution in [-0.4, -0.2) is 18.0 Å². The zero-order chi connectivity index (χ0) is 42.1. The van der Waals surface area contributed by atoms with Gasteiger partial charge in [0.1, 0.15) is 0 Å². The molecule has 5 heteroatoms. The summed E-state index contributed by atoms with van der Waals surface area (Å²) in [6.45, 7) is 10.8. The molecule has 0 saturated heterocycles. The Morgan fingerprint density at radius 1 is 0.638 bits per heavy atom. The third-order valence-electron chi connectivity index (χ3n) is 10.1.